The van der Waals surface area contributed by atoms with Gasteiger partial charge < -0.3 is 15.2 Å². The fourth-order valence-corrected chi connectivity index (χ4v) is 3.81. The molecule has 26 heavy (non-hydrogen) atoms. The highest BCUT2D eigenvalue weighted by Crippen LogP contribution is 2.28. The molecule has 2 aromatic rings. The lowest BCUT2D eigenvalue weighted by Crippen LogP contribution is -2.13. The summed E-state index contributed by atoms with van der Waals surface area (Å²) in [5.74, 6) is -0.884. The number of nitriles is 1. The predicted octanol–water partition coefficient (Wildman–Crippen LogP) is 3.93. The number of anilines is 1. The number of hydrogen-bond donors (Lipinski definition) is 2. The number of nitrogens with one attached hydrogen (secondary N) is 1. The van der Waals surface area contributed by atoms with Crippen molar-refractivity contribution in [1.29, 1.82) is 5.26 Å². The molecule has 0 saturated carbocycles. The van der Waals surface area contributed by atoms with Crippen LogP contribution in [0.1, 0.15) is 15.9 Å². The summed E-state index contributed by atoms with van der Waals surface area (Å²) in [6.07, 6.45) is 1.45. The van der Waals surface area contributed by atoms with Crippen LogP contribution in [0.15, 0.2) is 42.0 Å². The van der Waals surface area contributed by atoms with Crippen LogP contribution >= 0.6 is 45.2 Å². The van der Waals surface area contributed by atoms with Gasteiger partial charge in [0.2, 0.25) is 0 Å². The SMILES string of the molecule is COC(=O)c1ccc(NC(=O)/C(C#N)=C/c2cc(I)c(O)c(I)c2)cc1. The molecule has 0 atom stereocenters. The molecule has 2 N–H and O–H groups in total. The first-order valence-corrected chi connectivity index (χ1v) is 9.31. The van der Waals surface area contributed by atoms with Gasteiger partial charge in [-0.3, -0.25) is 4.79 Å². The largest absolute Gasteiger partial charge is 0.506 e. The van der Waals surface area contributed by atoms with Gasteiger partial charge in [0.15, 0.2) is 0 Å². The summed E-state index contributed by atoms with van der Waals surface area (Å²) < 4.78 is 5.85. The second kappa shape index (κ2) is 9.00. The van der Waals surface area contributed by atoms with Crippen LogP contribution in [0.3, 0.4) is 0 Å². The monoisotopic (exact) mass is 574 g/mol. The fourth-order valence-electron chi connectivity index (χ4n) is 1.99. The molecule has 6 nitrogen and oxygen atoms in total. The topological polar surface area (TPSA) is 99.4 Å². The van der Waals surface area contributed by atoms with E-state index in [1.54, 1.807) is 24.3 Å². The Labute approximate surface area is 177 Å². The molecule has 0 bridgehead atoms. The number of methoxy groups -OCH3 is 1. The van der Waals surface area contributed by atoms with Crippen molar-refractivity contribution in [2.24, 2.45) is 0 Å². The zero-order chi connectivity index (χ0) is 19.3. The number of rotatable bonds is 4. The van der Waals surface area contributed by atoms with Crippen molar-refractivity contribution in [2.45, 2.75) is 0 Å². The van der Waals surface area contributed by atoms with Crippen molar-refractivity contribution in [3.8, 4) is 11.8 Å². The highest BCUT2D eigenvalue weighted by Gasteiger charge is 2.12. The molecular formula is C18H12I2N2O4. The third-order valence-corrected chi connectivity index (χ3v) is 4.92. The van der Waals surface area contributed by atoms with Gasteiger partial charge in [-0.1, -0.05) is 0 Å². The summed E-state index contributed by atoms with van der Waals surface area (Å²) in [4.78, 5) is 23.7. The number of hydrogen-bond acceptors (Lipinski definition) is 5. The molecule has 0 aliphatic rings. The Hall–Kier alpha value is -2.13. The minimum Gasteiger partial charge on any atom is -0.506 e. The molecule has 0 aliphatic carbocycles. The van der Waals surface area contributed by atoms with Crippen LogP contribution in [0.5, 0.6) is 5.75 Å². The zero-order valence-corrected chi connectivity index (χ0v) is 17.7. The summed E-state index contributed by atoms with van der Waals surface area (Å²) in [5, 5.41) is 21.7. The summed E-state index contributed by atoms with van der Waals surface area (Å²) in [6, 6.07) is 11.3. The standard InChI is InChI=1S/C18H12I2N2O4/c1-26-18(25)11-2-4-13(5-3-11)22-17(24)12(9-21)6-10-7-14(19)16(23)15(20)8-10/h2-8,23H,1H3,(H,22,24)/b12-6+. The normalized spacial score (nSPS) is 10.8. The number of phenolic OH excluding ortho intramolecular Hbond substituents is 1. The van der Waals surface area contributed by atoms with Crippen molar-refractivity contribution < 1.29 is 19.4 Å². The Morgan fingerprint density at radius 2 is 1.77 bits per heavy atom. The van der Waals surface area contributed by atoms with Crippen molar-refractivity contribution >= 4 is 68.8 Å². The maximum atomic E-state index is 12.3. The third kappa shape index (κ3) is 4.95. The lowest BCUT2D eigenvalue weighted by atomic mass is 10.1. The number of phenols is 1. The van der Waals surface area contributed by atoms with Gasteiger partial charge >= 0.3 is 5.97 Å². The molecule has 8 heteroatoms. The molecule has 0 spiro atoms. The molecule has 132 valence electrons. The zero-order valence-electron chi connectivity index (χ0n) is 13.4. The molecule has 2 aromatic carbocycles. The molecule has 0 unspecified atom stereocenters. The lowest BCUT2D eigenvalue weighted by molar-refractivity contribution is -0.112. The van der Waals surface area contributed by atoms with E-state index in [0.29, 0.717) is 24.0 Å². The van der Waals surface area contributed by atoms with Crippen LogP contribution in [0.4, 0.5) is 5.69 Å². The van der Waals surface area contributed by atoms with Crippen molar-refractivity contribution in [3.05, 3.63) is 60.2 Å². The maximum Gasteiger partial charge on any atom is 0.337 e. The van der Waals surface area contributed by atoms with Crippen LogP contribution in [0.25, 0.3) is 6.08 Å². The molecule has 1 amide bonds. The molecule has 0 saturated heterocycles. The Bertz CT molecular complexity index is 908. The molecule has 0 fully saturated rings. The Balaban J connectivity index is 2.21. The van der Waals surface area contributed by atoms with E-state index in [4.69, 9.17) is 0 Å². The number of nitrogens with zero attached hydrogens (tertiary/aromatic N) is 1. The van der Waals surface area contributed by atoms with Crippen molar-refractivity contribution in [1.82, 2.24) is 0 Å². The van der Waals surface area contributed by atoms with Gasteiger partial charge in [0.05, 0.1) is 19.8 Å². The number of carbonyl (C=O) groups excluding carboxylic acids is 2. The van der Waals surface area contributed by atoms with E-state index in [0.717, 1.165) is 0 Å². The van der Waals surface area contributed by atoms with Crippen molar-refractivity contribution in [3.63, 3.8) is 0 Å². The Morgan fingerprint density at radius 1 is 1.19 bits per heavy atom. The van der Waals surface area contributed by atoms with Crippen LogP contribution in [0, 0.1) is 18.5 Å². The van der Waals surface area contributed by atoms with E-state index in [9.17, 15) is 20.0 Å². The molecule has 0 radical (unpaired) electrons. The minimum atomic E-state index is -0.573. The summed E-state index contributed by atoms with van der Waals surface area (Å²) >= 11 is 3.95. The van der Waals surface area contributed by atoms with E-state index in [-0.39, 0.29) is 11.3 Å². The molecular weight excluding hydrogens is 562 g/mol. The highest BCUT2D eigenvalue weighted by atomic mass is 127. The molecule has 0 heterocycles. The van der Waals surface area contributed by atoms with Crippen molar-refractivity contribution in [2.75, 3.05) is 12.4 Å². The first-order valence-electron chi connectivity index (χ1n) is 7.15. The van der Waals surface area contributed by atoms with Gasteiger partial charge in [-0.15, -0.1) is 0 Å². The number of aromatic hydroxyl groups is 1. The van der Waals surface area contributed by atoms with E-state index in [1.165, 1.54) is 25.3 Å². The van der Waals surface area contributed by atoms with Gasteiger partial charge in [0, 0.05) is 5.69 Å². The van der Waals surface area contributed by atoms with Crippen LogP contribution < -0.4 is 5.32 Å². The fraction of sp³-hybridized carbons (Fsp3) is 0.0556. The average Bonchev–Trinajstić information content (AvgIpc) is 2.63. The Morgan fingerprint density at radius 3 is 2.27 bits per heavy atom. The maximum absolute atomic E-state index is 12.3. The van der Waals surface area contributed by atoms with Gasteiger partial charge in [-0.25, -0.2) is 4.79 Å². The van der Waals surface area contributed by atoms with E-state index >= 15 is 0 Å². The first kappa shape index (κ1) is 20.2. The number of esters is 1. The second-order valence-corrected chi connectivity index (χ2v) is 7.35. The van der Waals surface area contributed by atoms with Crippen LogP contribution in [-0.4, -0.2) is 24.1 Å². The quantitative estimate of drug-likeness (QED) is 0.250. The average molecular weight is 574 g/mol. The number of benzene rings is 2. The number of amides is 1. The third-order valence-electron chi connectivity index (χ3n) is 3.28. The van der Waals surface area contributed by atoms with Gasteiger partial charge in [-0.05, 0) is 93.2 Å². The van der Waals surface area contributed by atoms with Gasteiger partial charge in [0.25, 0.3) is 5.91 Å². The van der Waals surface area contributed by atoms with Gasteiger partial charge in [-0.2, -0.15) is 5.26 Å². The minimum absolute atomic E-state index is 0.0839. The number of carbonyl (C=O) groups is 2. The number of ether oxygens (including phenoxy) is 1. The number of halogens is 2. The summed E-state index contributed by atoms with van der Waals surface area (Å²) in [5.41, 5.74) is 1.34. The Kier molecular flexibility index (Phi) is 6.98. The highest BCUT2D eigenvalue weighted by molar-refractivity contribution is 14.1. The lowest BCUT2D eigenvalue weighted by Gasteiger charge is -2.06. The van der Waals surface area contributed by atoms with E-state index in [1.807, 2.05) is 51.3 Å². The van der Waals surface area contributed by atoms with Crippen LogP contribution in [0.2, 0.25) is 0 Å². The summed E-state index contributed by atoms with van der Waals surface area (Å²) in [7, 11) is 1.29. The van der Waals surface area contributed by atoms with Gasteiger partial charge in [0.1, 0.15) is 17.4 Å². The van der Waals surface area contributed by atoms with E-state index in [2.05, 4.69) is 10.1 Å². The summed E-state index contributed by atoms with van der Waals surface area (Å²) in [6.45, 7) is 0. The molecule has 2 rings (SSSR count). The molecule has 0 aliphatic heterocycles. The predicted molar refractivity (Wildman–Crippen MR) is 114 cm³/mol. The second-order valence-electron chi connectivity index (χ2n) is 5.03. The van der Waals surface area contributed by atoms with Crippen LogP contribution in [-0.2, 0) is 9.53 Å². The smallest absolute Gasteiger partial charge is 0.337 e. The molecule has 0 aromatic heterocycles. The first-order chi connectivity index (χ1) is 12.3. The van der Waals surface area contributed by atoms with E-state index < -0.39 is 11.9 Å².